The zero-order chi connectivity index (χ0) is 25.5. The summed E-state index contributed by atoms with van der Waals surface area (Å²) in [5.41, 5.74) is 7.84. The molecule has 0 amide bonds. The lowest BCUT2D eigenvalue weighted by molar-refractivity contribution is 1.08. The first kappa shape index (κ1) is 22.3. The molecule has 0 radical (unpaired) electrons. The lowest BCUT2D eigenvalue weighted by atomic mass is 9.92. The highest BCUT2D eigenvalue weighted by Gasteiger charge is 2.25. The maximum Gasteiger partial charge on any atom is 0.147 e. The molecule has 1 heterocycles. The van der Waals surface area contributed by atoms with Gasteiger partial charge in [-0.15, -0.1) is 0 Å². The van der Waals surface area contributed by atoms with Gasteiger partial charge in [-0.2, -0.15) is 0 Å². The standard InChI is InChI=1S/C36H26N2/c1-25-29-21-11-13-23-31(29)33(32-24-14-12-22-30(25)32)36-37-34(26-15-5-2-6-16-26)35(27-17-7-3-8-18-27)38(36)28-19-9-4-10-20-28/h2-24H,1H3. The third-order valence-corrected chi connectivity index (χ3v) is 7.41. The molecule has 7 aromatic rings. The summed E-state index contributed by atoms with van der Waals surface area (Å²) in [5.74, 6) is 0.946. The summed E-state index contributed by atoms with van der Waals surface area (Å²) < 4.78 is 2.35. The summed E-state index contributed by atoms with van der Waals surface area (Å²) in [7, 11) is 0. The first-order chi connectivity index (χ1) is 18.8. The zero-order valence-corrected chi connectivity index (χ0v) is 21.2. The van der Waals surface area contributed by atoms with Crippen molar-refractivity contribution in [1.82, 2.24) is 9.55 Å². The SMILES string of the molecule is Cc1c2ccccc2c(-c2nc(-c3ccccc3)c(-c3ccccc3)n2-c2ccccc2)c2ccccc12. The van der Waals surface area contributed by atoms with E-state index in [2.05, 4.69) is 151 Å². The molecule has 7 rings (SSSR count). The highest BCUT2D eigenvalue weighted by atomic mass is 15.1. The van der Waals surface area contributed by atoms with Crippen molar-refractivity contribution in [2.75, 3.05) is 0 Å². The van der Waals surface area contributed by atoms with Crippen molar-refractivity contribution in [3.05, 3.63) is 145 Å². The molecular formula is C36H26N2. The zero-order valence-electron chi connectivity index (χ0n) is 21.2. The van der Waals surface area contributed by atoms with E-state index in [1.807, 2.05) is 0 Å². The Morgan fingerprint density at radius 2 is 0.921 bits per heavy atom. The van der Waals surface area contributed by atoms with Crippen LogP contribution in [0.4, 0.5) is 0 Å². The van der Waals surface area contributed by atoms with E-state index in [0.717, 1.165) is 39.6 Å². The lowest BCUT2D eigenvalue weighted by Gasteiger charge is -2.17. The Balaban J connectivity index is 1.70. The predicted octanol–water partition coefficient (Wildman–Crippen LogP) is 9.49. The normalized spacial score (nSPS) is 11.3. The maximum absolute atomic E-state index is 5.50. The smallest absolute Gasteiger partial charge is 0.147 e. The fourth-order valence-corrected chi connectivity index (χ4v) is 5.66. The Morgan fingerprint density at radius 3 is 1.47 bits per heavy atom. The van der Waals surface area contributed by atoms with Gasteiger partial charge in [0.15, 0.2) is 0 Å². The van der Waals surface area contributed by atoms with Gasteiger partial charge in [0, 0.05) is 22.4 Å². The fourth-order valence-electron chi connectivity index (χ4n) is 5.66. The largest absolute Gasteiger partial charge is 0.292 e. The number of aryl methyl sites for hydroxylation is 1. The van der Waals surface area contributed by atoms with Gasteiger partial charge in [0.25, 0.3) is 0 Å². The van der Waals surface area contributed by atoms with Crippen LogP contribution in [0.1, 0.15) is 5.56 Å². The number of aromatic nitrogens is 2. The molecule has 0 aliphatic carbocycles. The Hall–Kier alpha value is -4.95. The number of benzene rings is 6. The van der Waals surface area contributed by atoms with Crippen LogP contribution in [0.3, 0.4) is 0 Å². The number of hydrogen-bond acceptors (Lipinski definition) is 1. The second kappa shape index (κ2) is 9.17. The van der Waals surface area contributed by atoms with Gasteiger partial charge in [-0.1, -0.05) is 127 Å². The molecule has 0 aliphatic heterocycles. The molecule has 0 saturated carbocycles. The molecule has 2 heteroatoms. The van der Waals surface area contributed by atoms with Crippen molar-refractivity contribution >= 4 is 21.5 Å². The van der Waals surface area contributed by atoms with Crippen LogP contribution in [-0.2, 0) is 0 Å². The summed E-state index contributed by atoms with van der Waals surface area (Å²) in [6, 6.07) is 49.2. The van der Waals surface area contributed by atoms with E-state index in [9.17, 15) is 0 Å². The molecule has 0 unspecified atom stereocenters. The van der Waals surface area contributed by atoms with Gasteiger partial charge in [-0.25, -0.2) is 4.98 Å². The second-order valence-corrected chi connectivity index (χ2v) is 9.63. The monoisotopic (exact) mass is 486 g/mol. The minimum absolute atomic E-state index is 0.946. The van der Waals surface area contributed by atoms with Crippen LogP contribution in [0.25, 0.3) is 61.1 Å². The summed E-state index contributed by atoms with van der Waals surface area (Å²) in [4.78, 5) is 5.50. The summed E-state index contributed by atoms with van der Waals surface area (Å²) in [6.45, 7) is 2.23. The van der Waals surface area contributed by atoms with Crippen molar-refractivity contribution in [2.24, 2.45) is 0 Å². The number of hydrogen-bond donors (Lipinski definition) is 0. The van der Waals surface area contributed by atoms with Crippen molar-refractivity contribution < 1.29 is 0 Å². The molecule has 0 N–H and O–H groups in total. The van der Waals surface area contributed by atoms with E-state index in [4.69, 9.17) is 4.98 Å². The van der Waals surface area contributed by atoms with Crippen LogP contribution < -0.4 is 0 Å². The number of para-hydroxylation sites is 1. The number of imidazole rings is 1. The number of nitrogens with zero attached hydrogens (tertiary/aromatic N) is 2. The Kier molecular flexibility index (Phi) is 5.37. The summed E-state index contributed by atoms with van der Waals surface area (Å²) in [5, 5.41) is 4.94. The van der Waals surface area contributed by atoms with E-state index in [1.165, 1.54) is 27.1 Å². The second-order valence-electron chi connectivity index (χ2n) is 9.63. The third-order valence-electron chi connectivity index (χ3n) is 7.41. The van der Waals surface area contributed by atoms with Gasteiger partial charge in [-0.05, 0) is 46.2 Å². The fraction of sp³-hybridized carbons (Fsp3) is 0.0278. The molecular weight excluding hydrogens is 460 g/mol. The highest BCUT2D eigenvalue weighted by Crippen LogP contribution is 2.44. The quantitative estimate of drug-likeness (QED) is 0.227. The summed E-state index contributed by atoms with van der Waals surface area (Å²) >= 11 is 0. The van der Waals surface area contributed by atoms with Gasteiger partial charge in [0.2, 0.25) is 0 Å². The molecule has 0 spiro atoms. The van der Waals surface area contributed by atoms with Gasteiger partial charge >= 0.3 is 0 Å². The molecule has 6 aromatic carbocycles. The van der Waals surface area contributed by atoms with Gasteiger partial charge < -0.3 is 0 Å². The van der Waals surface area contributed by atoms with E-state index >= 15 is 0 Å². The predicted molar refractivity (Wildman–Crippen MR) is 160 cm³/mol. The van der Waals surface area contributed by atoms with E-state index < -0.39 is 0 Å². The van der Waals surface area contributed by atoms with E-state index in [1.54, 1.807) is 0 Å². The van der Waals surface area contributed by atoms with Crippen LogP contribution >= 0.6 is 0 Å². The van der Waals surface area contributed by atoms with Gasteiger partial charge in [0.1, 0.15) is 5.82 Å². The molecule has 0 atom stereocenters. The van der Waals surface area contributed by atoms with Crippen molar-refractivity contribution in [3.63, 3.8) is 0 Å². The third kappa shape index (κ3) is 3.54. The molecule has 0 aliphatic rings. The van der Waals surface area contributed by atoms with Crippen LogP contribution in [0, 0.1) is 6.92 Å². The average molecular weight is 487 g/mol. The molecule has 0 bridgehead atoms. The van der Waals surface area contributed by atoms with Crippen molar-refractivity contribution in [1.29, 1.82) is 0 Å². The first-order valence-corrected chi connectivity index (χ1v) is 13.0. The Bertz CT molecular complexity index is 1840. The molecule has 1 aromatic heterocycles. The Morgan fingerprint density at radius 1 is 0.474 bits per heavy atom. The van der Waals surface area contributed by atoms with E-state index in [0.29, 0.717) is 0 Å². The Labute approximate surface area is 222 Å². The molecule has 38 heavy (non-hydrogen) atoms. The molecule has 0 fully saturated rings. The van der Waals surface area contributed by atoms with Crippen LogP contribution in [0.15, 0.2) is 140 Å². The van der Waals surface area contributed by atoms with Crippen LogP contribution in [-0.4, -0.2) is 9.55 Å². The highest BCUT2D eigenvalue weighted by molar-refractivity contribution is 6.14. The van der Waals surface area contributed by atoms with Crippen LogP contribution in [0.2, 0.25) is 0 Å². The topological polar surface area (TPSA) is 17.8 Å². The van der Waals surface area contributed by atoms with Crippen molar-refractivity contribution in [2.45, 2.75) is 6.92 Å². The maximum atomic E-state index is 5.50. The minimum Gasteiger partial charge on any atom is -0.292 e. The lowest BCUT2D eigenvalue weighted by Crippen LogP contribution is -2.01. The summed E-state index contributed by atoms with van der Waals surface area (Å²) in [6.07, 6.45) is 0. The molecule has 0 saturated heterocycles. The number of rotatable bonds is 4. The number of fused-ring (bicyclic) bond motifs is 2. The van der Waals surface area contributed by atoms with E-state index in [-0.39, 0.29) is 0 Å². The molecule has 2 nitrogen and oxygen atoms in total. The average Bonchev–Trinajstić information content (AvgIpc) is 3.39. The first-order valence-electron chi connectivity index (χ1n) is 13.0. The molecule has 180 valence electrons. The van der Waals surface area contributed by atoms with Crippen molar-refractivity contribution in [3.8, 4) is 39.6 Å². The minimum atomic E-state index is 0.946. The van der Waals surface area contributed by atoms with Crippen LogP contribution in [0.5, 0.6) is 0 Å². The van der Waals surface area contributed by atoms with Gasteiger partial charge in [-0.3, -0.25) is 4.57 Å². The van der Waals surface area contributed by atoms with Gasteiger partial charge in [0.05, 0.1) is 11.4 Å².